The molecule has 0 aliphatic carbocycles. The minimum atomic E-state index is -0.467. The average molecular weight is 256 g/mol. The fraction of sp³-hybridized carbons (Fsp3) is 0.294. The van der Waals surface area contributed by atoms with Gasteiger partial charge in [-0.05, 0) is 35.6 Å². The van der Waals surface area contributed by atoms with E-state index in [1.165, 1.54) is 5.56 Å². The monoisotopic (exact) mass is 256 g/mol. The van der Waals surface area contributed by atoms with Gasteiger partial charge in [-0.1, -0.05) is 49.4 Å². The normalized spacial score (nSPS) is 13.8. The van der Waals surface area contributed by atoms with E-state index >= 15 is 0 Å². The molecule has 2 nitrogen and oxygen atoms in total. The molecule has 0 amide bonds. The molecule has 0 aliphatic heterocycles. The Morgan fingerprint density at radius 3 is 2.37 bits per heavy atom. The molecule has 2 heteroatoms. The Hall–Kier alpha value is -1.80. The maximum atomic E-state index is 10.3. The molecular weight excluding hydrogens is 236 g/mol. The van der Waals surface area contributed by atoms with Gasteiger partial charge >= 0.3 is 0 Å². The van der Waals surface area contributed by atoms with Crippen molar-refractivity contribution in [2.24, 2.45) is 0 Å². The maximum Gasteiger partial charge on any atom is 0.119 e. The molecule has 0 saturated carbocycles. The third-order valence-electron chi connectivity index (χ3n) is 3.42. The van der Waals surface area contributed by atoms with Crippen molar-refractivity contribution in [3.8, 4) is 5.75 Å². The Morgan fingerprint density at radius 1 is 1.00 bits per heavy atom. The van der Waals surface area contributed by atoms with Crippen LogP contribution in [0.25, 0.3) is 0 Å². The molecule has 2 aromatic carbocycles. The van der Waals surface area contributed by atoms with Crippen molar-refractivity contribution in [1.29, 1.82) is 0 Å². The molecular formula is C17H20O2. The van der Waals surface area contributed by atoms with Crippen molar-refractivity contribution >= 4 is 0 Å². The molecule has 2 atom stereocenters. The number of ether oxygens (including phenoxy) is 1. The van der Waals surface area contributed by atoms with Gasteiger partial charge in [0.05, 0.1) is 13.2 Å². The van der Waals surface area contributed by atoms with Crippen molar-refractivity contribution in [3.05, 3.63) is 65.7 Å². The maximum absolute atomic E-state index is 10.3. The Morgan fingerprint density at radius 2 is 1.68 bits per heavy atom. The summed E-state index contributed by atoms with van der Waals surface area (Å²) in [6, 6.07) is 17.9. The molecule has 0 saturated heterocycles. The first kappa shape index (κ1) is 13.6. The van der Waals surface area contributed by atoms with E-state index in [9.17, 15) is 5.11 Å². The quantitative estimate of drug-likeness (QED) is 0.878. The molecule has 19 heavy (non-hydrogen) atoms. The lowest BCUT2D eigenvalue weighted by Gasteiger charge is -2.17. The van der Waals surface area contributed by atoms with Gasteiger partial charge in [-0.2, -0.15) is 0 Å². The summed E-state index contributed by atoms with van der Waals surface area (Å²) in [5.74, 6) is 1.10. The summed E-state index contributed by atoms with van der Waals surface area (Å²) in [4.78, 5) is 0. The molecule has 2 aromatic rings. The third-order valence-corrected chi connectivity index (χ3v) is 3.42. The number of methoxy groups -OCH3 is 1. The van der Waals surface area contributed by atoms with Crippen molar-refractivity contribution in [2.75, 3.05) is 7.11 Å². The highest BCUT2D eigenvalue weighted by Gasteiger charge is 2.14. The Labute approximate surface area is 114 Å². The van der Waals surface area contributed by atoms with Gasteiger partial charge in [-0.25, -0.2) is 0 Å². The highest BCUT2D eigenvalue weighted by molar-refractivity contribution is 5.30. The Kier molecular flexibility index (Phi) is 4.58. The van der Waals surface area contributed by atoms with E-state index in [4.69, 9.17) is 4.74 Å². The van der Waals surface area contributed by atoms with Crippen LogP contribution >= 0.6 is 0 Å². The zero-order valence-electron chi connectivity index (χ0n) is 11.4. The summed E-state index contributed by atoms with van der Waals surface area (Å²) in [5.41, 5.74) is 2.16. The number of aliphatic hydroxyl groups excluding tert-OH is 1. The second-order valence-corrected chi connectivity index (χ2v) is 4.84. The van der Waals surface area contributed by atoms with Gasteiger partial charge in [0.1, 0.15) is 5.75 Å². The number of aliphatic hydroxyl groups is 1. The van der Waals surface area contributed by atoms with Crippen LogP contribution in [0.2, 0.25) is 0 Å². The zero-order valence-corrected chi connectivity index (χ0v) is 11.4. The van der Waals surface area contributed by atoms with Crippen molar-refractivity contribution in [1.82, 2.24) is 0 Å². The molecule has 0 fully saturated rings. The van der Waals surface area contributed by atoms with Crippen molar-refractivity contribution < 1.29 is 9.84 Å². The van der Waals surface area contributed by atoms with Gasteiger partial charge in [0, 0.05) is 0 Å². The van der Waals surface area contributed by atoms with Crippen LogP contribution in [-0.2, 0) is 0 Å². The SMILES string of the molecule is COc1cccc(C(O)CC(C)c2ccccc2)c1. The van der Waals surface area contributed by atoms with Gasteiger partial charge in [0.15, 0.2) is 0 Å². The smallest absolute Gasteiger partial charge is 0.119 e. The zero-order chi connectivity index (χ0) is 13.7. The highest BCUT2D eigenvalue weighted by Crippen LogP contribution is 2.29. The van der Waals surface area contributed by atoms with E-state index in [-0.39, 0.29) is 0 Å². The van der Waals surface area contributed by atoms with Crippen LogP contribution in [0.1, 0.15) is 36.5 Å². The topological polar surface area (TPSA) is 29.5 Å². The molecule has 0 bridgehead atoms. The standard InChI is InChI=1S/C17H20O2/c1-13(14-7-4-3-5-8-14)11-17(18)15-9-6-10-16(12-15)19-2/h3-10,12-13,17-18H,11H2,1-2H3. The van der Waals surface area contributed by atoms with E-state index in [2.05, 4.69) is 19.1 Å². The summed E-state index contributed by atoms with van der Waals surface area (Å²) < 4.78 is 5.18. The van der Waals surface area contributed by atoms with Gasteiger partial charge in [0.2, 0.25) is 0 Å². The predicted molar refractivity (Wildman–Crippen MR) is 77.4 cm³/mol. The summed E-state index contributed by atoms with van der Waals surface area (Å²) in [6.07, 6.45) is 0.238. The summed E-state index contributed by atoms with van der Waals surface area (Å²) in [6.45, 7) is 2.14. The van der Waals surface area contributed by atoms with E-state index in [1.54, 1.807) is 7.11 Å². The second kappa shape index (κ2) is 6.39. The number of hydrogen-bond donors (Lipinski definition) is 1. The first-order valence-electron chi connectivity index (χ1n) is 6.57. The summed E-state index contributed by atoms with van der Waals surface area (Å²) in [7, 11) is 1.64. The van der Waals surface area contributed by atoms with Gasteiger partial charge in [-0.3, -0.25) is 0 Å². The summed E-state index contributed by atoms with van der Waals surface area (Å²) >= 11 is 0. The van der Waals surface area contributed by atoms with Gasteiger partial charge < -0.3 is 9.84 Å². The fourth-order valence-electron chi connectivity index (χ4n) is 2.24. The molecule has 0 aromatic heterocycles. The van der Waals surface area contributed by atoms with Gasteiger partial charge in [-0.15, -0.1) is 0 Å². The molecule has 0 radical (unpaired) electrons. The van der Waals surface area contributed by atoms with Crippen LogP contribution in [0.15, 0.2) is 54.6 Å². The average Bonchev–Trinajstić information content (AvgIpc) is 2.48. The molecule has 0 spiro atoms. The Bertz CT molecular complexity index is 508. The van der Waals surface area contributed by atoms with E-state index < -0.39 is 6.10 Å². The third kappa shape index (κ3) is 3.58. The minimum absolute atomic E-state index is 0.322. The van der Waals surface area contributed by atoms with Crippen LogP contribution in [0.3, 0.4) is 0 Å². The number of hydrogen-bond acceptors (Lipinski definition) is 2. The summed E-state index contributed by atoms with van der Waals surface area (Å²) in [5, 5.41) is 10.3. The lowest BCUT2D eigenvalue weighted by atomic mass is 9.92. The van der Waals surface area contributed by atoms with Crippen LogP contribution in [-0.4, -0.2) is 12.2 Å². The number of benzene rings is 2. The largest absolute Gasteiger partial charge is 0.497 e. The minimum Gasteiger partial charge on any atom is -0.497 e. The molecule has 1 N–H and O–H groups in total. The van der Waals surface area contributed by atoms with Crippen LogP contribution < -0.4 is 4.74 Å². The van der Waals surface area contributed by atoms with Crippen LogP contribution in [0, 0.1) is 0 Å². The lowest BCUT2D eigenvalue weighted by molar-refractivity contribution is 0.159. The molecule has 2 rings (SSSR count). The van der Waals surface area contributed by atoms with E-state index in [0.717, 1.165) is 11.3 Å². The second-order valence-electron chi connectivity index (χ2n) is 4.84. The molecule has 2 unspecified atom stereocenters. The van der Waals surface area contributed by atoms with E-state index in [0.29, 0.717) is 12.3 Å². The molecule has 100 valence electrons. The fourth-order valence-corrected chi connectivity index (χ4v) is 2.24. The highest BCUT2D eigenvalue weighted by atomic mass is 16.5. The van der Waals surface area contributed by atoms with E-state index in [1.807, 2.05) is 42.5 Å². The predicted octanol–water partition coefficient (Wildman–Crippen LogP) is 3.92. The first-order chi connectivity index (χ1) is 9.20. The first-order valence-corrected chi connectivity index (χ1v) is 6.57. The lowest BCUT2D eigenvalue weighted by Crippen LogP contribution is -2.03. The van der Waals surface area contributed by atoms with Crippen LogP contribution in [0.4, 0.5) is 0 Å². The molecule has 0 heterocycles. The van der Waals surface area contributed by atoms with Crippen molar-refractivity contribution in [3.63, 3.8) is 0 Å². The van der Waals surface area contributed by atoms with Crippen LogP contribution in [0.5, 0.6) is 5.75 Å². The number of rotatable bonds is 5. The Balaban J connectivity index is 2.06. The molecule has 0 aliphatic rings. The van der Waals surface area contributed by atoms with Gasteiger partial charge in [0.25, 0.3) is 0 Å². The van der Waals surface area contributed by atoms with Crippen molar-refractivity contribution in [2.45, 2.75) is 25.4 Å².